The normalized spacial score (nSPS) is 12.4. The summed E-state index contributed by atoms with van der Waals surface area (Å²) in [7, 11) is -4.23. The number of phosphoric ester groups is 1. The fourth-order valence-electron chi connectivity index (χ4n) is 0.838. The first kappa shape index (κ1) is 12.1. The predicted molar refractivity (Wildman–Crippen MR) is 46.7 cm³/mol. The lowest BCUT2D eigenvalue weighted by Crippen LogP contribution is -1.94. The van der Waals surface area contributed by atoms with Crippen LogP contribution in [0.4, 0.5) is 0 Å². The van der Waals surface area contributed by atoms with Crippen molar-refractivity contribution in [3.05, 3.63) is 0 Å². The van der Waals surface area contributed by atoms with Gasteiger partial charge in [0, 0.05) is 0 Å². The van der Waals surface area contributed by atoms with Crippen LogP contribution in [0.25, 0.3) is 0 Å². The standard InChI is InChI=1S/C7H17O4P/c1-7(2)5-3-4-6-11-12(8,9)10/h7H,3-6H2,1-2H3,(H2,8,9,10). The summed E-state index contributed by atoms with van der Waals surface area (Å²) in [4.78, 5) is 16.6. The monoisotopic (exact) mass is 196 g/mol. The minimum absolute atomic E-state index is 0.150. The van der Waals surface area contributed by atoms with Gasteiger partial charge in [-0.2, -0.15) is 0 Å². The Kier molecular flexibility index (Phi) is 5.76. The molecular weight excluding hydrogens is 179 g/mol. The highest BCUT2D eigenvalue weighted by Gasteiger charge is 2.12. The molecule has 4 nitrogen and oxygen atoms in total. The van der Waals surface area contributed by atoms with E-state index in [0.29, 0.717) is 12.3 Å². The van der Waals surface area contributed by atoms with Gasteiger partial charge >= 0.3 is 7.82 Å². The molecule has 12 heavy (non-hydrogen) atoms. The molecule has 0 unspecified atom stereocenters. The summed E-state index contributed by atoms with van der Waals surface area (Å²) < 4.78 is 14.5. The van der Waals surface area contributed by atoms with Crippen molar-refractivity contribution in [1.29, 1.82) is 0 Å². The van der Waals surface area contributed by atoms with Crippen LogP contribution in [-0.4, -0.2) is 16.4 Å². The van der Waals surface area contributed by atoms with Gasteiger partial charge in [-0.05, 0) is 12.3 Å². The van der Waals surface area contributed by atoms with Crippen molar-refractivity contribution in [3.63, 3.8) is 0 Å². The van der Waals surface area contributed by atoms with Crippen LogP contribution in [0.15, 0.2) is 0 Å². The Morgan fingerprint density at radius 1 is 1.33 bits per heavy atom. The Morgan fingerprint density at radius 3 is 2.33 bits per heavy atom. The highest BCUT2D eigenvalue weighted by atomic mass is 31.2. The van der Waals surface area contributed by atoms with E-state index in [9.17, 15) is 4.57 Å². The van der Waals surface area contributed by atoms with Crippen LogP contribution in [0.2, 0.25) is 0 Å². The third-order valence-electron chi connectivity index (χ3n) is 1.44. The summed E-state index contributed by atoms with van der Waals surface area (Å²) in [6, 6.07) is 0. The van der Waals surface area contributed by atoms with E-state index in [4.69, 9.17) is 9.79 Å². The second-order valence-electron chi connectivity index (χ2n) is 3.21. The third kappa shape index (κ3) is 10.1. The number of unbranched alkanes of at least 4 members (excludes halogenated alkanes) is 1. The van der Waals surface area contributed by atoms with Gasteiger partial charge in [0.15, 0.2) is 0 Å². The Labute approximate surface area is 73.2 Å². The summed E-state index contributed by atoms with van der Waals surface area (Å²) in [5, 5.41) is 0. The number of hydrogen-bond acceptors (Lipinski definition) is 2. The van der Waals surface area contributed by atoms with Gasteiger partial charge in [0.05, 0.1) is 6.61 Å². The lowest BCUT2D eigenvalue weighted by Gasteiger charge is -2.05. The van der Waals surface area contributed by atoms with E-state index in [2.05, 4.69) is 18.4 Å². The largest absolute Gasteiger partial charge is 0.469 e. The molecule has 0 saturated heterocycles. The Balaban J connectivity index is 3.17. The van der Waals surface area contributed by atoms with E-state index in [0.717, 1.165) is 12.8 Å². The number of rotatable bonds is 6. The minimum atomic E-state index is -4.23. The molecule has 0 spiro atoms. The molecule has 0 amide bonds. The molecule has 2 N–H and O–H groups in total. The maximum Gasteiger partial charge on any atom is 0.469 e. The number of phosphoric acid groups is 1. The van der Waals surface area contributed by atoms with Crippen LogP contribution in [0.1, 0.15) is 33.1 Å². The van der Waals surface area contributed by atoms with E-state index in [1.165, 1.54) is 0 Å². The van der Waals surface area contributed by atoms with Gasteiger partial charge in [-0.15, -0.1) is 0 Å². The first-order valence-electron chi connectivity index (χ1n) is 4.12. The zero-order valence-electron chi connectivity index (χ0n) is 7.56. The van der Waals surface area contributed by atoms with E-state index >= 15 is 0 Å². The van der Waals surface area contributed by atoms with E-state index in [1.54, 1.807) is 0 Å². The Bertz CT molecular complexity index is 151. The highest BCUT2D eigenvalue weighted by molar-refractivity contribution is 7.46. The lowest BCUT2D eigenvalue weighted by molar-refractivity contribution is 0.192. The molecule has 0 atom stereocenters. The molecule has 0 aliphatic heterocycles. The quantitative estimate of drug-likeness (QED) is 0.503. The van der Waals surface area contributed by atoms with E-state index < -0.39 is 7.82 Å². The molecule has 0 aliphatic rings. The molecule has 74 valence electrons. The Hall–Kier alpha value is 0.110. The molecule has 0 rings (SSSR count). The van der Waals surface area contributed by atoms with Crippen molar-refractivity contribution in [2.45, 2.75) is 33.1 Å². The lowest BCUT2D eigenvalue weighted by atomic mass is 10.1. The maximum absolute atomic E-state index is 10.2. The van der Waals surface area contributed by atoms with Gasteiger partial charge in [0.25, 0.3) is 0 Å². The van der Waals surface area contributed by atoms with Crippen LogP contribution < -0.4 is 0 Å². The average molecular weight is 196 g/mol. The van der Waals surface area contributed by atoms with Gasteiger partial charge in [0.1, 0.15) is 0 Å². The highest BCUT2D eigenvalue weighted by Crippen LogP contribution is 2.35. The second-order valence-corrected chi connectivity index (χ2v) is 4.45. The van der Waals surface area contributed by atoms with Crippen LogP contribution in [0.5, 0.6) is 0 Å². The SMILES string of the molecule is CC(C)CCCCOP(=O)(O)O. The van der Waals surface area contributed by atoms with Crippen molar-refractivity contribution >= 4 is 7.82 Å². The van der Waals surface area contributed by atoms with Crippen molar-refractivity contribution in [2.75, 3.05) is 6.61 Å². The zero-order valence-corrected chi connectivity index (χ0v) is 8.46. The molecule has 0 heterocycles. The molecule has 0 aliphatic carbocycles. The molecule has 0 aromatic carbocycles. The smallest absolute Gasteiger partial charge is 0.303 e. The first-order valence-corrected chi connectivity index (χ1v) is 5.65. The molecule has 0 aromatic rings. The first-order chi connectivity index (χ1) is 5.42. The minimum Gasteiger partial charge on any atom is -0.303 e. The van der Waals surface area contributed by atoms with E-state index in [1.807, 2.05) is 0 Å². The zero-order chi connectivity index (χ0) is 9.61. The van der Waals surface area contributed by atoms with Gasteiger partial charge in [-0.1, -0.05) is 26.7 Å². The van der Waals surface area contributed by atoms with Gasteiger partial charge in [0.2, 0.25) is 0 Å². The molecule has 0 radical (unpaired) electrons. The fourth-order valence-corrected chi connectivity index (χ4v) is 1.21. The van der Waals surface area contributed by atoms with Crippen LogP contribution in [0.3, 0.4) is 0 Å². The van der Waals surface area contributed by atoms with Gasteiger partial charge < -0.3 is 9.79 Å². The average Bonchev–Trinajstić information content (AvgIpc) is 1.83. The summed E-state index contributed by atoms with van der Waals surface area (Å²) in [5.41, 5.74) is 0. The number of hydrogen-bond donors (Lipinski definition) is 2. The van der Waals surface area contributed by atoms with Crippen LogP contribution in [0, 0.1) is 5.92 Å². The molecule has 5 heteroatoms. The Morgan fingerprint density at radius 2 is 1.92 bits per heavy atom. The summed E-state index contributed by atoms with van der Waals surface area (Å²) in [6.45, 7) is 4.38. The maximum atomic E-state index is 10.2. The van der Waals surface area contributed by atoms with Crippen molar-refractivity contribution < 1.29 is 18.9 Å². The van der Waals surface area contributed by atoms with Crippen molar-refractivity contribution in [1.82, 2.24) is 0 Å². The molecule has 0 aromatic heterocycles. The van der Waals surface area contributed by atoms with Crippen molar-refractivity contribution in [3.8, 4) is 0 Å². The van der Waals surface area contributed by atoms with E-state index in [-0.39, 0.29) is 6.61 Å². The molecule has 0 bridgehead atoms. The van der Waals surface area contributed by atoms with Gasteiger partial charge in [-0.25, -0.2) is 4.57 Å². The molecule has 0 fully saturated rings. The topological polar surface area (TPSA) is 66.8 Å². The van der Waals surface area contributed by atoms with Crippen LogP contribution >= 0.6 is 7.82 Å². The third-order valence-corrected chi connectivity index (χ3v) is 1.95. The predicted octanol–water partition coefficient (Wildman–Crippen LogP) is 1.92. The molecule has 0 saturated carbocycles. The molecular formula is C7H17O4P. The summed E-state index contributed by atoms with van der Waals surface area (Å²) in [5.74, 6) is 0.639. The summed E-state index contributed by atoms with van der Waals surface area (Å²) >= 11 is 0. The van der Waals surface area contributed by atoms with Gasteiger partial charge in [-0.3, -0.25) is 4.52 Å². The second kappa shape index (κ2) is 5.70. The van der Waals surface area contributed by atoms with Crippen molar-refractivity contribution in [2.24, 2.45) is 5.92 Å². The fraction of sp³-hybridized carbons (Fsp3) is 1.00. The summed E-state index contributed by atoms with van der Waals surface area (Å²) in [6.07, 6.45) is 2.74. The van der Waals surface area contributed by atoms with Crippen LogP contribution in [-0.2, 0) is 9.09 Å².